The minimum absolute atomic E-state index is 0.0368. The predicted molar refractivity (Wildman–Crippen MR) is 118 cm³/mol. The molecule has 0 radical (unpaired) electrons. The first-order chi connectivity index (χ1) is 14.2. The Bertz CT molecular complexity index is 1220. The summed E-state index contributed by atoms with van der Waals surface area (Å²) >= 11 is 11.8. The zero-order valence-electron chi connectivity index (χ0n) is 15.6. The molecule has 158 valence electrons. The Morgan fingerprint density at radius 3 is 2.27 bits per heavy atom. The van der Waals surface area contributed by atoms with E-state index in [1.165, 1.54) is 36.7 Å². The van der Waals surface area contributed by atoms with E-state index >= 15 is 0 Å². The van der Waals surface area contributed by atoms with Gasteiger partial charge in [-0.2, -0.15) is 0 Å². The summed E-state index contributed by atoms with van der Waals surface area (Å²) in [5.41, 5.74) is 0.867. The standard InChI is InChI=1S/C20H18Cl2N2O4S2/c21-17-6-8-19(9-7-17)30(27,28)20(16-4-2-10-23-12-16)13-24-29(25,26)14-15-3-1-5-18(22)11-15/h1-12,20,24H,13-14H2. The summed E-state index contributed by atoms with van der Waals surface area (Å²) in [5.74, 6) is -0.325. The number of nitrogens with zero attached hydrogens (tertiary/aromatic N) is 1. The lowest BCUT2D eigenvalue weighted by molar-refractivity contribution is 0.568. The van der Waals surface area contributed by atoms with Gasteiger partial charge in [0.05, 0.1) is 10.6 Å². The molecule has 1 atom stereocenters. The van der Waals surface area contributed by atoms with Crippen molar-refractivity contribution in [2.45, 2.75) is 15.9 Å². The van der Waals surface area contributed by atoms with Crippen molar-refractivity contribution in [1.29, 1.82) is 0 Å². The van der Waals surface area contributed by atoms with Crippen LogP contribution in [0.25, 0.3) is 0 Å². The molecule has 1 heterocycles. The van der Waals surface area contributed by atoms with Crippen LogP contribution in [0.4, 0.5) is 0 Å². The normalized spacial score (nSPS) is 13.1. The molecule has 0 aliphatic carbocycles. The average molecular weight is 485 g/mol. The van der Waals surface area contributed by atoms with Gasteiger partial charge in [-0.05, 0) is 53.6 Å². The fourth-order valence-corrected chi connectivity index (χ4v) is 6.09. The van der Waals surface area contributed by atoms with E-state index in [9.17, 15) is 16.8 Å². The number of nitrogens with one attached hydrogen (secondary N) is 1. The van der Waals surface area contributed by atoms with E-state index in [-0.39, 0.29) is 17.2 Å². The highest BCUT2D eigenvalue weighted by atomic mass is 35.5. The average Bonchev–Trinajstić information content (AvgIpc) is 2.68. The summed E-state index contributed by atoms with van der Waals surface area (Å²) < 4.78 is 54.0. The number of hydrogen-bond acceptors (Lipinski definition) is 5. The lowest BCUT2D eigenvalue weighted by Gasteiger charge is -2.19. The molecular weight excluding hydrogens is 467 g/mol. The molecule has 2 aromatic carbocycles. The zero-order chi connectivity index (χ0) is 21.8. The summed E-state index contributed by atoms with van der Waals surface area (Å²) in [4.78, 5) is 4.01. The van der Waals surface area contributed by atoms with Gasteiger partial charge in [-0.1, -0.05) is 41.4 Å². The van der Waals surface area contributed by atoms with Gasteiger partial charge in [0.2, 0.25) is 10.0 Å². The van der Waals surface area contributed by atoms with Crippen LogP contribution in [0.2, 0.25) is 10.0 Å². The monoisotopic (exact) mass is 484 g/mol. The molecule has 6 nitrogen and oxygen atoms in total. The molecule has 0 aliphatic rings. The van der Waals surface area contributed by atoms with E-state index in [4.69, 9.17) is 23.2 Å². The van der Waals surface area contributed by atoms with Gasteiger partial charge in [0, 0.05) is 29.0 Å². The molecule has 30 heavy (non-hydrogen) atoms. The van der Waals surface area contributed by atoms with Crippen LogP contribution in [0, 0.1) is 0 Å². The van der Waals surface area contributed by atoms with Crippen molar-refractivity contribution in [1.82, 2.24) is 9.71 Å². The molecule has 1 N–H and O–H groups in total. The van der Waals surface area contributed by atoms with Crippen LogP contribution < -0.4 is 4.72 Å². The number of pyridine rings is 1. The first-order valence-electron chi connectivity index (χ1n) is 8.78. The molecule has 10 heteroatoms. The molecule has 3 rings (SSSR count). The van der Waals surface area contributed by atoms with Gasteiger partial charge in [-0.3, -0.25) is 4.98 Å². The molecule has 1 aromatic heterocycles. The van der Waals surface area contributed by atoms with E-state index in [1.54, 1.807) is 36.4 Å². The minimum Gasteiger partial charge on any atom is -0.264 e. The third-order valence-electron chi connectivity index (χ3n) is 4.31. The molecule has 0 bridgehead atoms. The lowest BCUT2D eigenvalue weighted by atomic mass is 10.2. The van der Waals surface area contributed by atoms with Gasteiger partial charge in [0.15, 0.2) is 9.84 Å². The number of halogens is 2. The fraction of sp³-hybridized carbons (Fsp3) is 0.150. The highest BCUT2D eigenvalue weighted by Crippen LogP contribution is 2.29. The molecule has 3 aromatic rings. The smallest absolute Gasteiger partial charge is 0.215 e. The number of hydrogen-bond donors (Lipinski definition) is 1. The Kier molecular flexibility index (Phi) is 7.15. The van der Waals surface area contributed by atoms with Gasteiger partial charge in [0.25, 0.3) is 0 Å². The van der Waals surface area contributed by atoms with E-state index in [1.807, 2.05) is 0 Å². The molecule has 0 spiro atoms. The van der Waals surface area contributed by atoms with Gasteiger partial charge >= 0.3 is 0 Å². The number of rotatable bonds is 8. The maximum absolute atomic E-state index is 13.2. The molecule has 0 aliphatic heterocycles. The Morgan fingerprint density at radius 1 is 0.900 bits per heavy atom. The van der Waals surface area contributed by atoms with Crippen LogP contribution in [0.3, 0.4) is 0 Å². The zero-order valence-corrected chi connectivity index (χ0v) is 18.7. The molecular formula is C20H18Cl2N2O4S2. The Morgan fingerprint density at radius 2 is 1.63 bits per heavy atom. The molecule has 0 saturated carbocycles. The minimum atomic E-state index is -3.92. The first-order valence-corrected chi connectivity index (χ1v) is 12.7. The maximum atomic E-state index is 13.2. The van der Waals surface area contributed by atoms with Crippen molar-refractivity contribution >= 4 is 43.1 Å². The Labute approximate surface area is 185 Å². The quantitative estimate of drug-likeness (QED) is 0.520. The lowest BCUT2D eigenvalue weighted by Crippen LogP contribution is -2.32. The third-order valence-corrected chi connectivity index (χ3v) is 8.23. The SMILES string of the molecule is O=S(=O)(Cc1cccc(Cl)c1)NCC(c1cccnc1)S(=O)(=O)c1ccc(Cl)cc1. The summed E-state index contributed by atoms with van der Waals surface area (Å²) in [7, 11) is -7.74. The van der Waals surface area contributed by atoms with Crippen LogP contribution in [-0.2, 0) is 25.6 Å². The van der Waals surface area contributed by atoms with Crippen molar-refractivity contribution < 1.29 is 16.8 Å². The Hall–Kier alpha value is -1.97. The van der Waals surface area contributed by atoms with Gasteiger partial charge in [0.1, 0.15) is 5.25 Å². The van der Waals surface area contributed by atoms with Crippen LogP contribution in [0.5, 0.6) is 0 Å². The third kappa shape index (κ3) is 5.80. The van der Waals surface area contributed by atoms with Crippen molar-refractivity contribution in [3.05, 3.63) is 94.2 Å². The molecule has 0 fully saturated rings. The van der Waals surface area contributed by atoms with Gasteiger partial charge in [-0.25, -0.2) is 21.6 Å². The van der Waals surface area contributed by atoms with E-state index < -0.39 is 25.1 Å². The van der Waals surface area contributed by atoms with Crippen molar-refractivity contribution in [2.75, 3.05) is 6.54 Å². The summed E-state index contributed by atoms with van der Waals surface area (Å²) in [6.45, 7) is -0.348. The highest BCUT2D eigenvalue weighted by Gasteiger charge is 2.30. The maximum Gasteiger partial charge on any atom is 0.215 e. The van der Waals surface area contributed by atoms with Crippen molar-refractivity contribution in [2.24, 2.45) is 0 Å². The summed E-state index contributed by atoms with van der Waals surface area (Å²) in [5, 5.41) is -0.350. The topological polar surface area (TPSA) is 93.2 Å². The van der Waals surface area contributed by atoms with Crippen LogP contribution in [0.15, 0.2) is 78.0 Å². The van der Waals surface area contributed by atoms with E-state index in [2.05, 4.69) is 9.71 Å². The van der Waals surface area contributed by atoms with E-state index in [0.717, 1.165) is 0 Å². The molecule has 0 amide bonds. The van der Waals surface area contributed by atoms with E-state index in [0.29, 0.717) is 21.2 Å². The second kappa shape index (κ2) is 9.45. The number of benzene rings is 2. The summed E-state index contributed by atoms with van der Waals surface area (Å²) in [6, 6.07) is 15.4. The van der Waals surface area contributed by atoms with Gasteiger partial charge < -0.3 is 0 Å². The second-order valence-electron chi connectivity index (χ2n) is 6.51. The largest absolute Gasteiger partial charge is 0.264 e. The summed E-state index contributed by atoms with van der Waals surface area (Å²) in [6.07, 6.45) is 2.92. The number of sulfone groups is 1. The van der Waals surface area contributed by atoms with Crippen LogP contribution in [-0.4, -0.2) is 28.4 Å². The number of aromatic nitrogens is 1. The van der Waals surface area contributed by atoms with Crippen molar-refractivity contribution in [3.8, 4) is 0 Å². The first kappa shape index (κ1) is 22.7. The predicted octanol–water partition coefficient (Wildman–Crippen LogP) is 4.02. The van der Waals surface area contributed by atoms with Crippen LogP contribution >= 0.6 is 23.2 Å². The van der Waals surface area contributed by atoms with Gasteiger partial charge in [-0.15, -0.1) is 0 Å². The van der Waals surface area contributed by atoms with Crippen molar-refractivity contribution in [3.63, 3.8) is 0 Å². The Balaban J connectivity index is 1.87. The fourth-order valence-electron chi connectivity index (χ4n) is 2.86. The molecule has 1 unspecified atom stereocenters. The molecule has 0 saturated heterocycles. The number of sulfonamides is 1. The van der Waals surface area contributed by atoms with Crippen LogP contribution in [0.1, 0.15) is 16.4 Å². The highest BCUT2D eigenvalue weighted by molar-refractivity contribution is 7.92. The second-order valence-corrected chi connectivity index (χ2v) is 11.3.